The number of aromatic nitrogens is 3. The fraction of sp³-hybridized carbons (Fsp3) is 0.500. The van der Waals surface area contributed by atoms with Crippen molar-refractivity contribution in [1.82, 2.24) is 14.8 Å². The molecular weight excluding hydrogens is 400 g/mol. The number of rotatable bonds is 6. The molecule has 8 heteroatoms. The number of anilines is 1. The van der Waals surface area contributed by atoms with Gasteiger partial charge in [-0.25, -0.2) is 4.79 Å². The van der Waals surface area contributed by atoms with Gasteiger partial charge in [0.05, 0.1) is 13.2 Å². The van der Waals surface area contributed by atoms with E-state index < -0.39 is 0 Å². The van der Waals surface area contributed by atoms with Crippen molar-refractivity contribution in [2.45, 2.75) is 45.1 Å². The fourth-order valence-corrected chi connectivity index (χ4v) is 4.63. The van der Waals surface area contributed by atoms with E-state index in [4.69, 9.17) is 9.15 Å². The van der Waals surface area contributed by atoms with Crippen LogP contribution in [0.2, 0.25) is 0 Å². The molecule has 0 atom stereocenters. The third kappa shape index (κ3) is 4.25. The van der Waals surface area contributed by atoms with Gasteiger partial charge in [0.15, 0.2) is 5.16 Å². The van der Waals surface area contributed by atoms with E-state index in [0.29, 0.717) is 30.5 Å². The van der Waals surface area contributed by atoms with Gasteiger partial charge in [-0.15, -0.1) is 10.2 Å². The Bertz CT molecular complexity index is 1100. The third-order valence-corrected chi connectivity index (χ3v) is 6.43. The highest BCUT2D eigenvalue weighted by molar-refractivity contribution is 7.98. The lowest BCUT2D eigenvalue weighted by Crippen LogP contribution is -2.38. The number of hydrogen-bond acceptors (Lipinski definition) is 7. The van der Waals surface area contributed by atoms with E-state index in [9.17, 15) is 4.79 Å². The first-order valence-electron chi connectivity index (χ1n) is 10.4. The first-order chi connectivity index (χ1) is 14.4. The maximum atomic E-state index is 12.2. The molecule has 1 aliphatic rings. The van der Waals surface area contributed by atoms with E-state index >= 15 is 0 Å². The van der Waals surface area contributed by atoms with Crippen molar-refractivity contribution < 1.29 is 9.15 Å². The van der Waals surface area contributed by atoms with E-state index in [-0.39, 0.29) is 5.63 Å². The van der Waals surface area contributed by atoms with Crippen LogP contribution >= 0.6 is 11.8 Å². The molecule has 3 heterocycles. The summed E-state index contributed by atoms with van der Waals surface area (Å²) in [4.78, 5) is 14.4. The van der Waals surface area contributed by atoms with Crippen LogP contribution in [0.5, 0.6) is 0 Å². The molecule has 1 aliphatic heterocycles. The first kappa shape index (κ1) is 20.9. The van der Waals surface area contributed by atoms with Crippen molar-refractivity contribution >= 4 is 28.7 Å². The van der Waals surface area contributed by atoms with Crippen molar-refractivity contribution in [2.75, 3.05) is 31.2 Å². The van der Waals surface area contributed by atoms with Gasteiger partial charge in [-0.05, 0) is 36.5 Å². The van der Waals surface area contributed by atoms with Crippen LogP contribution in [0.15, 0.2) is 32.6 Å². The summed E-state index contributed by atoms with van der Waals surface area (Å²) in [5.41, 5.74) is 3.44. The summed E-state index contributed by atoms with van der Waals surface area (Å²) in [7, 11) is 0. The van der Waals surface area contributed by atoms with Gasteiger partial charge in [-0.3, -0.25) is 4.57 Å². The minimum atomic E-state index is -0.315. The normalized spacial score (nSPS) is 14.8. The van der Waals surface area contributed by atoms with Crippen molar-refractivity contribution in [3.8, 4) is 0 Å². The summed E-state index contributed by atoms with van der Waals surface area (Å²) in [5, 5.41) is 10.8. The van der Waals surface area contributed by atoms with Gasteiger partial charge < -0.3 is 14.1 Å². The molecule has 160 valence electrons. The zero-order valence-corrected chi connectivity index (χ0v) is 18.8. The molecule has 0 spiro atoms. The molecule has 0 N–H and O–H groups in total. The van der Waals surface area contributed by atoms with Crippen molar-refractivity contribution in [3.63, 3.8) is 0 Å². The molecule has 3 aromatic rings. The Morgan fingerprint density at radius 3 is 2.67 bits per heavy atom. The Balaban J connectivity index is 1.64. The second-order valence-electron chi connectivity index (χ2n) is 8.15. The smallest absolute Gasteiger partial charge is 0.336 e. The molecule has 1 saturated heterocycles. The SMILES string of the molecule is Cc1ccc2c(CSc3nnc(N4CCOCC4)n3CC(C)C)cc(=O)oc2c1C. The standard InChI is InChI=1S/C22H28N4O3S/c1-14(2)12-26-21(25-7-9-28-10-8-25)23-24-22(26)30-13-17-11-19(27)29-20-16(4)15(3)5-6-18(17)20/h5-6,11,14H,7-10,12-13H2,1-4H3. The van der Waals surface area contributed by atoms with Crippen molar-refractivity contribution in [2.24, 2.45) is 5.92 Å². The summed E-state index contributed by atoms with van der Waals surface area (Å²) in [5.74, 6) is 2.00. The Labute approximate surface area is 180 Å². The molecule has 7 nitrogen and oxygen atoms in total. The molecule has 0 unspecified atom stereocenters. The number of fused-ring (bicyclic) bond motifs is 1. The molecular formula is C22H28N4O3S. The van der Waals surface area contributed by atoms with Gasteiger partial charge in [0, 0.05) is 36.8 Å². The summed E-state index contributed by atoms with van der Waals surface area (Å²) in [6.45, 7) is 12.3. The van der Waals surface area contributed by atoms with Crippen LogP contribution in [0.1, 0.15) is 30.5 Å². The zero-order valence-electron chi connectivity index (χ0n) is 18.0. The summed E-state index contributed by atoms with van der Waals surface area (Å²) in [6, 6.07) is 5.70. The number of nitrogens with zero attached hydrogens (tertiary/aromatic N) is 4. The first-order valence-corrected chi connectivity index (χ1v) is 11.3. The molecule has 2 aromatic heterocycles. The van der Waals surface area contributed by atoms with Gasteiger partial charge in [-0.2, -0.15) is 0 Å². The van der Waals surface area contributed by atoms with Crippen LogP contribution in [0.3, 0.4) is 0 Å². The molecule has 30 heavy (non-hydrogen) atoms. The van der Waals surface area contributed by atoms with Gasteiger partial charge in [0.1, 0.15) is 5.58 Å². The second-order valence-corrected chi connectivity index (χ2v) is 9.09. The number of benzene rings is 1. The minimum absolute atomic E-state index is 0.315. The number of aryl methyl sites for hydroxylation is 2. The van der Waals surface area contributed by atoms with Crippen LogP contribution in [0, 0.1) is 19.8 Å². The number of hydrogen-bond donors (Lipinski definition) is 0. The quantitative estimate of drug-likeness (QED) is 0.437. The van der Waals surface area contributed by atoms with Gasteiger partial charge in [0.2, 0.25) is 5.95 Å². The lowest BCUT2D eigenvalue weighted by molar-refractivity contribution is 0.121. The highest BCUT2D eigenvalue weighted by Gasteiger charge is 2.21. The maximum absolute atomic E-state index is 12.2. The van der Waals surface area contributed by atoms with Gasteiger partial charge in [-0.1, -0.05) is 37.7 Å². The topological polar surface area (TPSA) is 73.4 Å². The highest BCUT2D eigenvalue weighted by atomic mass is 32.2. The number of morpholine rings is 1. The van der Waals surface area contributed by atoms with E-state index in [1.807, 2.05) is 19.9 Å². The second kappa shape index (κ2) is 8.81. The number of ether oxygens (including phenoxy) is 1. The molecule has 0 aliphatic carbocycles. The summed E-state index contributed by atoms with van der Waals surface area (Å²) < 4.78 is 13.2. The third-order valence-electron chi connectivity index (χ3n) is 5.41. The molecule has 1 fully saturated rings. The van der Waals surface area contributed by atoms with E-state index in [0.717, 1.165) is 52.8 Å². The molecule has 4 rings (SSSR count). The summed E-state index contributed by atoms with van der Waals surface area (Å²) >= 11 is 1.61. The average Bonchev–Trinajstić information content (AvgIpc) is 3.11. The summed E-state index contributed by atoms with van der Waals surface area (Å²) in [6.07, 6.45) is 0. The van der Waals surface area contributed by atoms with Crippen LogP contribution < -0.4 is 10.5 Å². The van der Waals surface area contributed by atoms with Gasteiger partial charge in [0.25, 0.3) is 0 Å². The van der Waals surface area contributed by atoms with Crippen LogP contribution in [-0.4, -0.2) is 41.1 Å². The van der Waals surface area contributed by atoms with E-state index in [2.05, 4.69) is 39.6 Å². The van der Waals surface area contributed by atoms with Gasteiger partial charge >= 0.3 is 5.63 Å². The predicted molar refractivity (Wildman–Crippen MR) is 119 cm³/mol. The molecule has 1 aromatic carbocycles. The maximum Gasteiger partial charge on any atom is 0.336 e. The monoisotopic (exact) mass is 428 g/mol. The van der Waals surface area contributed by atoms with Crippen LogP contribution in [-0.2, 0) is 17.0 Å². The van der Waals surface area contributed by atoms with Crippen LogP contribution in [0.4, 0.5) is 5.95 Å². The van der Waals surface area contributed by atoms with Crippen molar-refractivity contribution in [1.29, 1.82) is 0 Å². The molecule has 0 radical (unpaired) electrons. The molecule has 0 amide bonds. The lowest BCUT2D eigenvalue weighted by atomic mass is 10.0. The Kier molecular flexibility index (Phi) is 6.15. The average molecular weight is 429 g/mol. The predicted octanol–water partition coefficient (Wildman–Crippen LogP) is 3.79. The van der Waals surface area contributed by atoms with E-state index in [1.165, 1.54) is 0 Å². The van der Waals surface area contributed by atoms with Crippen LogP contribution in [0.25, 0.3) is 11.0 Å². The molecule has 0 saturated carbocycles. The zero-order chi connectivity index (χ0) is 21.3. The Hall–Kier alpha value is -2.32. The van der Waals surface area contributed by atoms with Crippen molar-refractivity contribution in [3.05, 3.63) is 45.3 Å². The minimum Gasteiger partial charge on any atom is -0.422 e. The Morgan fingerprint density at radius 2 is 1.93 bits per heavy atom. The lowest BCUT2D eigenvalue weighted by Gasteiger charge is -2.28. The Morgan fingerprint density at radius 1 is 1.17 bits per heavy atom. The molecule has 0 bridgehead atoms. The number of thioether (sulfide) groups is 1. The van der Waals surface area contributed by atoms with E-state index in [1.54, 1.807) is 17.8 Å². The fourth-order valence-electron chi connectivity index (χ4n) is 3.70. The highest BCUT2D eigenvalue weighted by Crippen LogP contribution is 2.30. The largest absolute Gasteiger partial charge is 0.422 e.